The normalized spacial score (nSPS) is 22.6. The van der Waals surface area contributed by atoms with E-state index in [-0.39, 0.29) is 11.0 Å². The van der Waals surface area contributed by atoms with E-state index in [1.54, 1.807) is 11.8 Å². The van der Waals surface area contributed by atoms with Gasteiger partial charge in [0.1, 0.15) is 0 Å². The van der Waals surface area contributed by atoms with Gasteiger partial charge in [-0.2, -0.15) is 0 Å². The first-order valence-electron chi connectivity index (χ1n) is 5.88. The molecule has 2 atom stereocenters. The van der Waals surface area contributed by atoms with Crippen LogP contribution < -0.4 is 5.73 Å². The van der Waals surface area contributed by atoms with Gasteiger partial charge in [-0.05, 0) is 11.6 Å². The van der Waals surface area contributed by atoms with Crippen LogP contribution in [0, 0.1) is 0 Å². The minimum absolute atomic E-state index is 0.00796. The molecule has 0 saturated heterocycles. The number of carbonyl (C=O) groups is 1. The number of hydrogen-bond acceptors (Lipinski definition) is 3. The van der Waals surface area contributed by atoms with Crippen LogP contribution in [0.25, 0.3) is 0 Å². The van der Waals surface area contributed by atoms with E-state index in [9.17, 15) is 4.79 Å². The van der Waals surface area contributed by atoms with Crippen LogP contribution in [-0.4, -0.2) is 11.8 Å². The van der Waals surface area contributed by atoms with Gasteiger partial charge in [-0.25, -0.2) is 0 Å². The summed E-state index contributed by atoms with van der Waals surface area (Å²) in [6.07, 6.45) is 0. The van der Waals surface area contributed by atoms with Gasteiger partial charge in [-0.3, -0.25) is 4.79 Å². The number of thioether (sulfide) groups is 1. The van der Waals surface area contributed by atoms with Gasteiger partial charge in [0, 0.05) is 10.5 Å². The Morgan fingerprint density at radius 3 is 2.39 bits per heavy atom. The lowest BCUT2D eigenvalue weighted by atomic mass is 9.97. The number of benzene rings is 2. The van der Waals surface area contributed by atoms with Gasteiger partial charge < -0.3 is 5.73 Å². The summed E-state index contributed by atoms with van der Waals surface area (Å²) in [4.78, 5) is 13.3. The third-order valence-corrected chi connectivity index (χ3v) is 4.59. The molecule has 0 aliphatic carbocycles. The lowest BCUT2D eigenvalue weighted by Gasteiger charge is -2.28. The SMILES string of the molecule is NC1C(=O)c2ccccc2SC1c1ccccc1. The van der Waals surface area contributed by atoms with Crippen molar-refractivity contribution in [3.8, 4) is 0 Å². The maximum Gasteiger partial charge on any atom is 0.182 e. The fourth-order valence-corrected chi connectivity index (χ4v) is 3.51. The molecule has 0 bridgehead atoms. The van der Waals surface area contributed by atoms with Gasteiger partial charge >= 0.3 is 0 Å². The predicted octanol–water partition coefficient (Wildman–Crippen LogP) is 3.04. The molecule has 2 aromatic carbocycles. The number of nitrogens with two attached hydrogens (primary N) is 1. The number of hydrogen-bond donors (Lipinski definition) is 1. The molecule has 0 spiro atoms. The van der Waals surface area contributed by atoms with Gasteiger partial charge in [0.25, 0.3) is 0 Å². The molecule has 90 valence electrons. The van der Waals surface area contributed by atoms with E-state index in [1.807, 2.05) is 54.6 Å². The highest BCUT2D eigenvalue weighted by atomic mass is 32.2. The van der Waals surface area contributed by atoms with E-state index >= 15 is 0 Å². The van der Waals surface area contributed by atoms with Crippen LogP contribution in [-0.2, 0) is 0 Å². The van der Waals surface area contributed by atoms with Gasteiger partial charge in [-0.1, -0.05) is 48.5 Å². The Balaban J connectivity index is 2.04. The highest BCUT2D eigenvalue weighted by Gasteiger charge is 2.34. The molecule has 1 aliphatic rings. The molecule has 2 N–H and O–H groups in total. The minimum atomic E-state index is -0.465. The van der Waals surface area contributed by atoms with E-state index in [0.29, 0.717) is 0 Å². The second-order valence-corrected chi connectivity index (χ2v) is 5.52. The van der Waals surface area contributed by atoms with Crippen molar-refractivity contribution in [2.45, 2.75) is 16.2 Å². The maximum absolute atomic E-state index is 12.3. The van der Waals surface area contributed by atoms with Crippen LogP contribution in [0.4, 0.5) is 0 Å². The van der Waals surface area contributed by atoms with Gasteiger partial charge in [0.15, 0.2) is 5.78 Å². The summed E-state index contributed by atoms with van der Waals surface area (Å²) in [6.45, 7) is 0. The van der Waals surface area contributed by atoms with Crippen LogP contribution in [0.5, 0.6) is 0 Å². The lowest BCUT2D eigenvalue weighted by Crippen LogP contribution is -2.38. The van der Waals surface area contributed by atoms with Crippen LogP contribution in [0.15, 0.2) is 59.5 Å². The summed E-state index contributed by atoms with van der Waals surface area (Å²) < 4.78 is 0. The van der Waals surface area contributed by atoms with Crippen molar-refractivity contribution >= 4 is 17.5 Å². The Hall–Kier alpha value is -1.58. The predicted molar refractivity (Wildman–Crippen MR) is 73.8 cm³/mol. The van der Waals surface area contributed by atoms with E-state index in [4.69, 9.17) is 5.73 Å². The molecular formula is C15H13NOS. The summed E-state index contributed by atoms with van der Waals surface area (Å²) in [5.74, 6) is 0.0400. The van der Waals surface area contributed by atoms with Crippen molar-refractivity contribution in [3.63, 3.8) is 0 Å². The number of rotatable bonds is 1. The molecule has 1 heterocycles. The van der Waals surface area contributed by atoms with Crippen molar-refractivity contribution in [3.05, 3.63) is 65.7 Å². The molecule has 0 amide bonds. The van der Waals surface area contributed by atoms with Gasteiger partial charge in [0.05, 0.1) is 11.3 Å². The Labute approximate surface area is 110 Å². The lowest BCUT2D eigenvalue weighted by molar-refractivity contribution is 0.0954. The second-order valence-electron chi connectivity index (χ2n) is 4.34. The Bertz CT molecular complexity index is 582. The van der Waals surface area contributed by atoms with Crippen molar-refractivity contribution in [2.24, 2.45) is 5.73 Å². The molecule has 3 heteroatoms. The molecule has 3 rings (SSSR count). The number of carbonyl (C=O) groups excluding carboxylic acids is 1. The van der Waals surface area contributed by atoms with Crippen molar-refractivity contribution in [2.75, 3.05) is 0 Å². The van der Waals surface area contributed by atoms with Crippen LogP contribution in [0.1, 0.15) is 21.2 Å². The van der Waals surface area contributed by atoms with Crippen LogP contribution >= 0.6 is 11.8 Å². The number of ketones is 1. The van der Waals surface area contributed by atoms with Crippen LogP contribution in [0.2, 0.25) is 0 Å². The molecule has 0 fully saturated rings. The molecule has 0 saturated carbocycles. The van der Waals surface area contributed by atoms with Gasteiger partial charge in [-0.15, -0.1) is 11.8 Å². The summed E-state index contributed by atoms with van der Waals surface area (Å²) in [7, 11) is 0. The molecule has 0 radical (unpaired) electrons. The van der Waals surface area contributed by atoms with E-state index in [0.717, 1.165) is 16.0 Å². The van der Waals surface area contributed by atoms with Crippen molar-refractivity contribution < 1.29 is 4.79 Å². The Kier molecular flexibility index (Phi) is 2.94. The Morgan fingerprint density at radius 1 is 0.944 bits per heavy atom. The molecule has 18 heavy (non-hydrogen) atoms. The molecule has 2 aromatic rings. The monoisotopic (exact) mass is 255 g/mol. The topological polar surface area (TPSA) is 43.1 Å². The van der Waals surface area contributed by atoms with Gasteiger partial charge in [0.2, 0.25) is 0 Å². The van der Waals surface area contributed by atoms with E-state index < -0.39 is 6.04 Å². The summed E-state index contributed by atoms with van der Waals surface area (Å²) >= 11 is 1.68. The quantitative estimate of drug-likeness (QED) is 0.851. The fraction of sp³-hybridized carbons (Fsp3) is 0.133. The zero-order chi connectivity index (χ0) is 12.5. The zero-order valence-corrected chi connectivity index (χ0v) is 10.6. The largest absolute Gasteiger partial charge is 0.320 e. The average Bonchev–Trinajstić information content (AvgIpc) is 2.44. The first-order chi connectivity index (χ1) is 8.77. The minimum Gasteiger partial charge on any atom is -0.320 e. The Morgan fingerprint density at radius 2 is 1.61 bits per heavy atom. The molecule has 0 aromatic heterocycles. The fourth-order valence-electron chi connectivity index (χ4n) is 2.22. The maximum atomic E-state index is 12.3. The zero-order valence-electron chi connectivity index (χ0n) is 9.74. The highest BCUT2D eigenvalue weighted by molar-refractivity contribution is 7.99. The van der Waals surface area contributed by atoms with E-state index in [2.05, 4.69) is 0 Å². The smallest absolute Gasteiger partial charge is 0.182 e. The number of fused-ring (bicyclic) bond motifs is 1. The first-order valence-corrected chi connectivity index (χ1v) is 6.76. The average molecular weight is 255 g/mol. The highest BCUT2D eigenvalue weighted by Crippen LogP contribution is 2.43. The third kappa shape index (κ3) is 1.85. The van der Waals surface area contributed by atoms with Crippen molar-refractivity contribution in [1.29, 1.82) is 0 Å². The molecule has 1 aliphatic heterocycles. The summed E-state index contributed by atoms with van der Waals surface area (Å²) in [6, 6.07) is 17.2. The van der Waals surface area contributed by atoms with Crippen LogP contribution in [0.3, 0.4) is 0 Å². The third-order valence-electron chi connectivity index (χ3n) is 3.16. The summed E-state index contributed by atoms with van der Waals surface area (Å²) in [5, 5.41) is 0.00796. The molecular weight excluding hydrogens is 242 g/mol. The standard InChI is InChI=1S/C15H13NOS/c16-13-14(17)11-8-4-5-9-12(11)18-15(13)10-6-2-1-3-7-10/h1-9,13,15H,16H2. The van der Waals surface area contributed by atoms with E-state index in [1.165, 1.54) is 0 Å². The first kappa shape index (κ1) is 11.5. The molecule has 2 unspecified atom stereocenters. The second kappa shape index (κ2) is 4.59. The molecule has 2 nitrogen and oxygen atoms in total. The van der Waals surface area contributed by atoms with Crippen molar-refractivity contribution in [1.82, 2.24) is 0 Å². The number of Topliss-reactive ketones (excluding diaryl/α,β-unsaturated/α-hetero) is 1. The summed E-state index contributed by atoms with van der Waals surface area (Å²) in [5.41, 5.74) is 7.96.